The van der Waals surface area contributed by atoms with Crippen LogP contribution in [0.2, 0.25) is 5.02 Å². The third kappa shape index (κ3) is 3.87. The first-order valence-corrected chi connectivity index (χ1v) is 9.66. The summed E-state index contributed by atoms with van der Waals surface area (Å²) >= 11 is 6.15. The van der Waals surface area contributed by atoms with Crippen LogP contribution < -0.4 is 5.32 Å². The Morgan fingerprint density at radius 3 is 2.55 bits per heavy atom. The number of imidazole rings is 1. The molecule has 0 unspecified atom stereocenters. The average molecular weight is 408 g/mol. The Bertz CT molecular complexity index is 1190. The fraction of sp³-hybridized carbons (Fsp3) is 0.130. The molecule has 0 radical (unpaired) electrons. The molecular formula is C23H19ClFN3O. The highest BCUT2D eigenvalue weighted by atomic mass is 35.5. The Kier molecular flexibility index (Phi) is 5.32. The average Bonchev–Trinajstić information content (AvgIpc) is 3.08. The summed E-state index contributed by atoms with van der Waals surface area (Å²) in [6, 6.07) is 20.8. The molecule has 1 amide bonds. The van der Waals surface area contributed by atoms with E-state index in [9.17, 15) is 9.18 Å². The van der Waals surface area contributed by atoms with Crippen LogP contribution in [0.15, 0.2) is 72.8 Å². The third-order valence-corrected chi connectivity index (χ3v) is 5.15. The minimum atomic E-state index is -0.405. The molecule has 1 atom stereocenters. The molecule has 4 aromatic rings. The maximum absolute atomic E-state index is 14.3. The second kappa shape index (κ2) is 8.05. The van der Waals surface area contributed by atoms with Gasteiger partial charge in [-0.25, -0.2) is 9.37 Å². The lowest BCUT2D eigenvalue weighted by Crippen LogP contribution is -2.29. The number of para-hydroxylation sites is 2. The maximum atomic E-state index is 14.3. The molecule has 0 saturated heterocycles. The smallest absolute Gasteiger partial charge is 0.253 e. The highest BCUT2D eigenvalue weighted by molar-refractivity contribution is 6.33. The summed E-state index contributed by atoms with van der Waals surface area (Å²) in [7, 11) is 0. The molecule has 6 heteroatoms. The van der Waals surface area contributed by atoms with Crippen LogP contribution in [0.1, 0.15) is 34.7 Å². The molecule has 146 valence electrons. The minimum absolute atomic E-state index is 0.274. The first-order chi connectivity index (χ1) is 14.0. The van der Waals surface area contributed by atoms with Crippen molar-refractivity contribution in [1.82, 2.24) is 14.9 Å². The van der Waals surface area contributed by atoms with E-state index in [0.29, 0.717) is 28.5 Å². The highest BCUT2D eigenvalue weighted by Crippen LogP contribution is 2.24. The van der Waals surface area contributed by atoms with Crippen LogP contribution in [0.5, 0.6) is 0 Å². The van der Waals surface area contributed by atoms with Crippen molar-refractivity contribution in [3.8, 4) is 0 Å². The van der Waals surface area contributed by atoms with Gasteiger partial charge in [-0.15, -0.1) is 0 Å². The summed E-state index contributed by atoms with van der Waals surface area (Å²) in [4.78, 5) is 17.4. The Morgan fingerprint density at radius 1 is 1.07 bits per heavy atom. The number of amides is 1. The molecule has 1 heterocycles. The Morgan fingerprint density at radius 2 is 1.76 bits per heavy atom. The van der Waals surface area contributed by atoms with Gasteiger partial charge in [0.05, 0.1) is 34.2 Å². The van der Waals surface area contributed by atoms with E-state index in [1.54, 1.807) is 42.5 Å². The first-order valence-electron chi connectivity index (χ1n) is 9.28. The van der Waals surface area contributed by atoms with Crippen LogP contribution in [0.25, 0.3) is 11.0 Å². The van der Waals surface area contributed by atoms with Crippen molar-refractivity contribution in [1.29, 1.82) is 0 Å². The third-order valence-electron chi connectivity index (χ3n) is 4.82. The van der Waals surface area contributed by atoms with Crippen LogP contribution in [-0.4, -0.2) is 15.5 Å². The highest BCUT2D eigenvalue weighted by Gasteiger charge is 2.20. The van der Waals surface area contributed by atoms with Gasteiger partial charge in [0.15, 0.2) is 0 Å². The van der Waals surface area contributed by atoms with E-state index in [1.807, 2.05) is 35.8 Å². The van der Waals surface area contributed by atoms with E-state index >= 15 is 0 Å². The molecule has 0 spiro atoms. The first kappa shape index (κ1) is 19.2. The zero-order valence-corrected chi connectivity index (χ0v) is 16.5. The zero-order chi connectivity index (χ0) is 20.4. The van der Waals surface area contributed by atoms with Gasteiger partial charge in [0.25, 0.3) is 5.91 Å². The summed E-state index contributed by atoms with van der Waals surface area (Å²) in [5.74, 6) is 0.0893. The van der Waals surface area contributed by atoms with Gasteiger partial charge in [0, 0.05) is 5.56 Å². The monoisotopic (exact) mass is 407 g/mol. The molecule has 3 aromatic carbocycles. The standard InChI is InChI=1S/C23H19ClFN3O/c1-15(26-23(29)17-9-3-4-10-18(17)24)22-27-20-12-6-7-13-21(20)28(22)14-16-8-2-5-11-19(16)25/h2-13,15H,14H2,1H3,(H,26,29)/t15-/m1/s1. The number of nitrogens with zero attached hydrogens (tertiary/aromatic N) is 2. The molecule has 0 aliphatic rings. The van der Waals surface area contributed by atoms with Gasteiger partial charge in [-0.2, -0.15) is 0 Å². The Hall–Kier alpha value is -3.18. The van der Waals surface area contributed by atoms with Crippen molar-refractivity contribution in [2.75, 3.05) is 0 Å². The molecule has 1 aromatic heterocycles. The van der Waals surface area contributed by atoms with Gasteiger partial charge < -0.3 is 9.88 Å². The SMILES string of the molecule is C[C@@H](NC(=O)c1ccccc1Cl)c1nc2ccccc2n1Cc1ccccc1F. The maximum Gasteiger partial charge on any atom is 0.253 e. The molecule has 0 fully saturated rings. The number of carbonyl (C=O) groups is 1. The van der Waals surface area contributed by atoms with Crippen LogP contribution in [-0.2, 0) is 6.54 Å². The normalized spacial score (nSPS) is 12.1. The quantitative estimate of drug-likeness (QED) is 0.483. The molecule has 29 heavy (non-hydrogen) atoms. The molecule has 0 aliphatic heterocycles. The van der Waals surface area contributed by atoms with Gasteiger partial charge >= 0.3 is 0 Å². The number of nitrogens with one attached hydrogen (secondary N) is 1. The van der Waals surface area contributed by atoms with Crippen molar-refractivity contribution in [2.24, 2.45) is 0 Å². The molecular weight excluding hydrogens is 389 g/mol. The molecule has 0 aliphatic carbocycles. The predicted octanol–water partition coefficient (Wildman–Crippen LogP) is 5.37. The summed E-state index contributed by atoms with van der Waals surface area (Å²) in [6.45, 7) is 2.17. The molecule has 1 N–H and O–H groups in total. The number of aromatic nitrogens is 2. The lowest BCUT2D eigenvalue weighted by molar-refractivity contribution is 0.0938. The number of hydrogen-bond acceptors (Lipinski definition) is 2. The molecule has 4 rings (SSSR count). The van der Waals surface area contributed by atoms with Crippen molar-refractivity contribution < 1.29 is 9.18 Å². The topological polar surface area (TPSA) is 46.9 Å². The molecule has 0 saturated carbocycles. The van der Waals surface area contributed by atoms with Gasteiger partial charge in [-0.3, -0.25) is 4.79 Å². The van der Waals surface area contributed by atoms with E-state index in [-0.39, 0.29) is 11.7 Å². The fourth-order valence-corrected chi connectivity index (χ4v) is 3.59. The zero-order valence-electron chi connectivity index (χ0n) is 15.8. The van der Waals surface area contributed by atoms with E-state index in [4.69, 9.17) is 16.6 Å². The number of hydrogen-bond donors (Lipinski definition) is 1. The Labute approximate surface area is 173 Å². The number of benzene rings is 3. The van der Waals surface area contributed by atoms with Crippen molar-refractivity contribution >= 4 is 28.5 Å². The number of carbonyl (C=O) groups excluding carboxylic acids is 1. The summed E-state index contributed by atoms with van der Waals surface area (Å²) in [6.07, 6.45) is 0. The van der Waals surface area contributed by atoms with E-state index < -0.39 is 6.04 Å². The van der Waals surface area contributed by atoms with Gasteiger partial charge in [-0.1, -0.05) is 54.1 Å². The predicted molar refractivity (Wildman–Crippen MR) is 113 cm³/mol. The second-order valence-electron chi connectivity index (χ2n) is 6.81. The van der Waals surface area contributed by atoms with Gasteiger partial charge in [-0.05, 0) is 37.3 Å². The summed E-state index contributed by atoms with van der Waals surface area (Å²) in [5.41, 5.74) is 2.63. The van der Waals surface area contributed by atoms with Gasteiger partial charge in [0.2, 0.25) is 0 Å². The molecule has 0 bridgehead atoms. The van der Waals surface area contributed by atoms with E-state index in [2.05, 4.69) is 5.32 Å². The van der Waals surface area contributed by atoms with Crippen LogP contribution >= 0.6 is 11.6 Å². The second-order valence-corrected chi connectivity index (χ2v) is 7.22. The van der Waals surface area contributed by atoms with Crippen LogP contribution in [0, 0.1) is 5.82 Å². The lowest BCUT2D eigenvalue weighted by Gasteiger charge is -2.17. The van der Waals surface area contributed by atoms with E-state index in [0.717, 1.165) is 11.0 Å². The Balaban J connectivity index is 1.70. The van der Waals surface area contributed by atoms with Crippen molar-refractivity contribution in [3.63, 3.8) is 0 Å². The van der Waals surface area contributed by atoms with Crippen molar-refractivity contribution in [2.45, 2.75) is 19.5 Å². The largest absolute Gasteiger partial charge is 0.342 e. The lowest BCUT2D eigenvalue weighted by atomic mass is 10.2. The molecule has 4 nitrogen and oxygen atoms in total. The van der Waals surface area contributed by atoms with Gasteiger partial charge in [0.1, 0.15) is 11.6 Å². The van der Waals surface area contributed by atoms with Crippen molar-refractivity contribution in [3.05, 3.63) is 101 Å². The summed E-state index contributed by atoms with van der Waals surface area (Å²) < 4.78 is 16.2. The number of fused-ring (bicyclic) bond motifs is 1. The fourth-order valence-electron chi connectivity index (χ4n) is 3.37. The summed E-state index contributed by atoms with van der Waals surface area (Å²) in [5, 5.41) is 3.34. The number of halogens is 2. The number of rotatable bonds is 5. The minimum Gasteiger partial charge on any atom is -0.342 e. The van der Waals surface area contributed by atoms with Crippen LogP contribution in [0.4, 0.5) is 4.39 Å². The van der Waals surface area contributed by atoms with Crippen LogP contribution in [0.3, 0.4) is 0 Å². The van der Waals surface area contributed by atoms with E-state index in [1.165, 1.54) is 6.07 Å².